The number of aryl methyl sites for hydroxylation is 1. The van der Waals surface area contributed by atoms with Crippen LogP contribution in [0, 0.1) is 5.92 Å². The molecule has 1 aromatic rings. The van der Waals surface area contributed by atoms with E-state index < -0.39 is 0 Å². The van der Waals surface area contributed by atoms with Crippen LogP contribution >= 0.6 is 0 Å². The third kappa shape index (κ3) is 3.28. The minimum atomic E-state index is 0.779. The monoisotopic (exact) mass is 223 g/mol. The Kier molecular flexibility index (Phi) is 3.90. The normalized spacial score (nSPS) is 22.5. The Morgan fingerprint density at radius 1 is 1.50 bits per heavy atom. The molecule has 1 N–H and O–H groups in total. The van der Waals surface area contributed by atoms with Crippen LogP contribution in [0.25, 0.3) is 0 Å². The van der Waals surface area contributed by atoms with Crippen molar-refractivity contribution in [3.05, 3.63) is 12.2 Å². The molecule has 0 bridgehead atoms. The van der Waals surface area contributed by atoms with Crippen LogP contribution in [0.15, 0.2) is 6.33 Å². The van der Waals surface area contributed by atoms with Gasteiger partial charge in [-0.3, -0.25) is 4.68 Å². The van der Waals surface area contributed by atoms with Crippen LogP contribution in [0.1, 0.15) is 18.7 Å². The molecule has 5 nitrogen and oxygen atoms in total. The molecule has 2 rings (SSSR count). The predicted octanol–water partition coefficient (Wildman–Crippen LogP) is 0.246. The second-order valence-corrected chi connectivity index (χ2v) is 4.74. The van der Waals surface area contributed by atoms with E-state index in [1.165, 1.54) is 25.9 Å². The van der Waals surface area contributed by atoms with Crippen molar-refractivity contribution in [1.82, 2.24) is 25.0 Å². The molecule has 1 unspecified atom stereocenters. The molecule has 2 heterocycles. The zero-order valence-corrected chi connectivity index (χ0v) is 10.2. The SMILES string of the molecule is CN1CCCC(CNCc2ncn(C)n2)C1. The largest absolute Gasteiger partial charge is 0.309 e. The molecule has 90 valence electrons. The maximum atomic E-state index is 4.24. The minimum Gasteiger partial charge on any atom is -0.309 e. The van der Waals surface area contributed by atoms with Gasteiger partial charge in [0.25, 0.3) is 0 Å². The second-order valence-electron chi connectivity index (χ2n) is 4.74. The van der Waals surface area contributed by atoms with Gasteiger partial charge in [-0.1, -0.05) is 0 Å². The van der Waals surface area contributed by atoms with E-state index in [1.54, 1.807) is 11.0 Å². The summed E-state index contributed by atoms with van der Waals surface area (Å²) in [5.74, 6) is 1.66. The zero-order chi connectivity index (χ0) is 11.4. The van der Waals surface area contributed by atoms with Crippen molar-refractivity contribution < 1.29 is 0 Å². The third-order valence-corrected chi connectivity index (χ3v) is 3.09. The van der Waals surface area contributed by atoms with Gasteiger partial charge in [-0.25, -0.2) is 4.98 Å². The number of piperidine rings is 1. The van der Waals surface area contributed by atoms with Crippen LogP contribution in [-0.4, -0.2) is 46.3 Å². The topological polar surface area (TPSA) is 46.0 Å². The summed E-state index contributed by atoms with van der Waals surface area (Å²) < 4.78 is 1.74. The lowest BCUT2D eigenvalue weighted by Gasteiger charge is -2.29. The fourth-order valence-electron chi connectivity index (χ4n) is 2.29. The highest BCUT2D eigenvalue weighted by atomic mass is 15.3. The molecule has 1 aliphatic heterocycles. The average molecular weight is 223 g/mol. The van der Waals surface area contributed by atoms with Crippen molar-refractivity contribution in [1.29, 1.82) is 0 Å². The molecule has 1 atom stereocenters. The third-order valence-electron chi connectivity index (χ3n) is 3.09. The van der Waals surface area contributed by atoms with Gasteiger partial charge in [0.2, 0.25) is 0 Å². The summed E-state index contributed by atoms with van der Waals surface area (Å²) in [5.41, 5.74) is 0. The zero-order valence-electron chi connectivity index (χ0n) is 10.2. The van der Waals surface area contributed by atoms with E-state index in [0.29, 0.717) is 0 Å². The average Bonchev–Trinajstić information content (AvgIpc) is 2.64. The summed E-state index contributed by atoms with van der Waals surface area (Å²) in [5, 5.41) is 7.68. The van der Waals surface area contributed by atoms with Gasteiger partial charge in [-0.15, -0.1) is 0 Å². The maximum Gasteiger partial charge on any atom is 0.164 e. The number of rotatable bonds is 4. The standard InChI is InChI=1S/C11H21N5/c1-15-5-3-4-10(8-15)6-12-7-11-13-9-16(2)14-11/h9-10,12H,3-8H2,1-2H3. The van der Waals surface area contributed by atoms with E-state index in [2.05, 4.69) is 27.3 Å². The van der Waals surface area contributed by atoms with Crippen LogP contribution in [0.2, 0.25) is 0 Å². The smallest absolute Gasteiger partial charge is 0.164 e. The van der Waals surface area contributed by atoms with Crippen molar-refractivity contribution in [3.63, 3.8) is 0 Å². The molecule has 5 heteroatoms. The maximum absolute atomic E-state index is 4.24. The van der Waals surface area contributed by atoms with Crippen LogP contribution in [-0.2, 0) is 13.6 Å². The Hall–Kier alpha value is -0.940. The van der Waals surface area contributed by atoms with Gasteiger partial charge in [0.1, 0.15) is 6.33 Å². The first-order chi connectivity index (χ1) is 7.74. The Labute approximate surface area is 96.8 Å². The lowest BCUT2D eigenvalue weighted by Crippen LogP contribution is -2.37. The number of hydrogen-bond donors (Lipinski definition) is 1. The van der Waals surface area contributed by atoms with Gasteiger partial charge in [0.15, 0.2) is 5.82 Å². The lowest BCUT2D eigenvalue weighted by molar-refractivity contribution is 0.206. The highest BCUT2D eigenvalue weighted by Crippen LogP contribution is 2.13. The number of nitrogens with one attached hydrogen (secondary N) is 1. The van der Waals surface area contributed by atoms with E-state index in [1.807, 2.05) is 7.05 Å². The van der Waals surface area contributed by atoms with Crippen LogP contribution in [0.5, 0.6) is 0 Å². The van der Waals surface area contributed by atoms with Crippen molar-refractivity contribution in [2.75, 3.05) is 26.7 Å². The van der Waals surface area contributed by atoms with Crippen LogP contribution < -0.4 is 5.32 Å². The van der Waals surface area contributed by atoms with E-state index in [-0.39, 0.29) is 0 Å². The number of aromatic nitrogens is 3. The predicted molar refractivity (Wildman–Crippen MR) is 62.9 cm³/mol. The van der Waals surface area contributed by atoms with Crippen molar-refractivity contribution in [3.8, 4) is 0 Å². The molecule has 0 aromatic carbocycles. The van der Waals surface area contributed by atoms with Gasteiger partial charge in [-0.2, -0.15) is 5.10 Å². The van der Waals surface area contributed by atoms with E-state index in [4.69, 9.17) is 0 Å². The number of hydrogen-bond acceptors (Lipinski definition) is 4. The summed E-state index contributed by atoms with van der Waals surface area (Å²) in [7, 11) is 4.10. The second kappa shape index (κ2) is 5.41. The summed E-state index contributed by atoms with van der Waals surface area (Å²) >= 11 is 0. The lowest BCUT2D eigenvalue weighted by atomic mass is 9.98. The molecule has 1 aliphatic rings. The quantitative estimate of drug-likeness (QED) is 0.794. The molecular formula is C11H21N5. The highest BCUT2D eigenvalue weighted by molar-refractivity contribution is 4.81. The van der Waals surface area contributed by atoms with Crippen LogP contribution in [0.3, 0.4) is 0 Å². The van der Waals surface area contributed by atoms with Crippen molar-refractivity contribution in [2.45, 2.75) is 19.4 Å². The van der Waals surface area contributed by atoms with Crippen molar-refractivity contribution >= 4 is 0 Å². The molecule has 1 aromatic heterocycles. The van der Waals surface area contributed by atoms with Gasteiger partial charge in [0.05, 0.1) is 6.54 Å². The molecule has 0 saturated carbocycles. The summed E-state index contributed by atoms with van der Waals surface area (Å²) in [6.07, 6.45) is 4.41. The number of nitrogens with zero attached hydrogens (tertiary/aromatic N) is 4. The highest BCUT2D eigenvalue weighted by Gasteiger charge is 2.16. The molecule has 1 fully saturated rings. The van der Waals surface area contributed by atoms with Gasteiger partial charge >= 0.3 is 0 Å². The summed E-state index contributed by atoms with van der Waals surface area (Å²) in [6, 6.07) is 0. The molecular weight excluding hydrogens is 202 g/mol. The van der Waals surface area contributed by atoms with Gasteiger partial charge in [-0.05, 0) is 38.9 Å². The first kappa shape index (κ1) is 11.5. The first-order valence-corrected chi connectivity index (χ1v) is 5.98. The minimum absolute atomic E-state index is 0.779. The van der Waals surface area contributed by atoms with Crippen LogP contribution in [0.4, 0.5) is 0 Å². The molecule has 0 aliphatic carbocycles. The Morgan fingerprint density at radius 3 is 3.06 bits per heavy atom. The van der Waals surface area contributed by atoms with Crippen molar-refractivity contribution in [2.24, 2.45) is 13.0 Å². The molecule has 1 saturated heterocycles. The fraction of sp³-hybridized carbons (Fsp3) is 0.818. The van der Waals surface area contributed by atoms with Gasteiger partial charge in [0, 0.05) is 13.6 Å². The molecule has 0 amide bonds. The Balaban J connectivity index is 1.67. The molecule has 16 heavy (non-hydrogen) atoms. The number of likely N-dealkylation sites (tertiary alicyclic amines) is 1. The molecule has 0 radical (unpaired) electrons. The van der Waals surface area contributed by atoms with Gasteiger partial charge < -0.3 is 10.2 Å². The Bertz CT molecular complexity index is 322. The van der Waals surface area contributed by atoms with E-state index in [0.717, 1.165) is 24.8 Å². The van der Waals surface area contributed by atoms with E-state index >= 15 is 0 Å². The first-order valence-electron chi connectivity index (χ1n) is 5.98. The Morgan fingerprint density at radius 2 is 2.38 bits per heavy atom. The summed E-state index contributed by atoms with van der Waals surface area (Å²) in [6.45, 7) is 4.31. The fourth-order valence-corrected chi connectivity index (χ4v) is 2.29. The van der Waals surface area contributed by atoms with E-state index in [9.17, 15) is 0 Å². The molecule has 0 spiro atoms. The summed E-state index contributed by atoms with van der Waals surface area (Å²) in [4.78, 5) is 6.60.